The van der Waals surface area contributed by atoms with Gasteiger partial charge >= 0.3 is 11.9 Å². The summed E-state index contributed by atoms with van der Waals surface area (Å²) >= 11 is 3.36. The molecule has 1 unspecified atom stereocenters. The van der Waals surface area contributed by atoms with Crippen molar-refractivity contribution in [3.63, 3.8) is 0 Å². The zero-order valence-electron chi connectivity index (χ0n) is 13.6. The maximum Gasteiger partial charge on any atom is 0.321 e. The number of hydrogen-bond donors (Lipinski definition) is 3. The average Bonchev–Trinajstić information content (AvgIpc) is 2.61. The van der Waals surface area contributed by atoms with Gasteiger partial charge in [0.2, 0.25) is 5.91 Å². The molecule has 0 saturated heterocycles. The second-order valence-corrected chi connectivity index (χ2v) is 7.24. The van der Waals surface area contributed by atoms with E-state index in [0.717, 1.165) is 4.47 Å². The number of aliphatic carboxylic acids is 2. The molecule has 2 aromatic rings. The van der Waals surface area contributed by atoms with Gasteiger partial charge in [-0.05, 0) is 48.2 Å². The van der Waals surface area contributed by atoms with Crippen LogP contribution in [0.4, 0.5) is 5.69 Å². The van der Waals surface area contributed by atoms with Crippen LogP contribution in [-0.4, -0.2) is 28.1 Å². The van der Waals surface area contributed by atoms with E-state index in [1.165, 1.54) is 0 Å². The van der Waals surface area contributed by atoms with Gasteiger partial charge in [0.1, 0.15) is 0 Å². The predicted octanol–water partition coefficient (Wildman–Crippen LogP) is 3.27. The molecule has 6 nitrogen and oxygen atoms in total. The number of halogens is 1. The van der Waals surface area contributed by atoms with Gasteiger partial charge in [-0.1, -0.05) is 40.2 Å². The van der Waals surface area contributed by atoms with Crippen molar-refractivity contribution in [2.24, 2.45) is 5.41 Å². The molecule has 7 heteroatoms. The van der Waals surface area contributed by atoms with E-state index in [-0.39, 0.29) is 12.8 Å². The number of para-hydroxylation sites is 1. The molecule has 1 aliphatic rings. The molecule has 1 atom stereocenters. The van der Waals surface area contributed by atoms with Crippen molar-refractivity contribution in [2.75, 3.05) is 5.32 Å². The molecule has 0 radical (unpaired) electrons. The van der Waals surface area contributed by atoms with E-state index < -0.39 is 29.2 Å². The Bertz CT molecular complexity index is 867. The maximum absolute atomic E-state index is 12.9. The molecule has 0 aromatic heterocycles. The third kappa shape index (κ3) is 3.22. The molecule has 3 rings (SSSR count). The molecule has 134 valence electrons. The van der Waals surface area contributed by atoms with E-state index in [9.17, 15) is 24.6 Å². The molecule has 2 aromatic carbocycles. The third-order valence-corrected chi connectivity index (χ3v) is 5.20. The first-order chi connectivity index (χ1) is 12.3. The molecule has 0 aliphatic heterocycles. The van der Waals surface area contributed by atoms with Crippen molar-refractivity contribution in [3.05, 3.63) is 64.1 Å². The van der Waals surface area contributed by atoms with Crippen molar-refractivity contribution in [1.82, 2.24) is 0 Å². The van der Waals surface area contributed by atoms with Gasteiger partial charge in [0.05, 0.1) is 5.92 Å². The molecule has 0 heterocycles. The molecule has 3 N–H and O–H groups in total. The van der Waals surface area contributed by atoms with E-state index in [4.69, 9.17) is 0 Å². The first-order valence-corrected chi connectivity index (χ1v) is 8.74. The van der Waals surface area contributed by atoms with Gasteiger partial charge in [-0.3, -0.25) is 14.4 Å². The molecule has 0 saturated carbocycles. The van der Waals surface area contributed by atoms with Crippen LogP contribution in [0.25, 0.3) is 0 Å². The summed E-state index contributed by atoms with van der Waals surface area (Å²) < 4.78 is 0.743. The van der Waals surface area contributed by atoms with E-state index in [1.807, 2.05) is 6.07 Å². The molecular weight excluding hydrogens is 402 g/mol. The Labute approximate surface area is 158 Å². The summed E-state index contributed by atoms with van der Waals surface area (Å²) in [7, 11) is 0. The third-order valence-electron chi connectivity index (χ3n) is 4.70. The number of nitrogens with one attached hydrogen (secondary N) is 1. The summed E-state index contributed by atoms with van der Waals surface area (Å²) in [5, 5.41) is 22.0. The molecule has 0 spiro atoms. The van der Waals surface area contributed by atoms with E-state index in [0.29, 0.717) is 16.8 Å². The Kier molecular flexibility index (Phi) is 4.82. The van der Waals surface area contributed by atoms with Crippen LogP contribution in [0.15, 0.2) is 53.0 Å². The van der Waals surface area contributed by atoms with Crippen LogP contribution in [0.5, 0.6) is 0 Å². The second-order valence-electron chi connectivity index (χ2n) is 6.32. The number of carbonyl (C=O) groups is 3. The fourth-order valence-corrected chi connectivity index (χ4v) is 3.69. The van der Waals surface area contributed by atoms with Crippen molar-refractivity contribution in [3.8, 4) is 0 Å². The van der Waals surface area contributed by atoms with E-state index >= 15 is 0 Å². The lowest BCUT2D eigenvalue weighted by Gasteiger charge is -2.35. The Morgan fingerprint density at radius 1 is 1.04 bits per heavy atom. The summed E-state index contributed by atoms with van der Waals surface area (Å²) in [6, 6.07) is 13.9. The van der Waals surface area contributed by atoms with Crippen LogP contribution in [-0.2, 0) is 20.8 Å². The number of amides is 1. The van der Waals surface area contributed by atoms with Crippen molar-refractivity contribution < 1.29 is 24.6 Å². The van der Waals surface area contributed by atoms with Gasteiger partial charge < -0.3 is 15.5 Å². The van der Waals surface area contributed by atoms with Crippen molar-refractivity contribution in [1.29, 1.82) is 0 Å². The number of carboxylic acids is 2. The van der Waals surface area contributed by atoms with Crippen LogP contribution in [0.2, 0.25) is 0 Å². The van der Waals surface area contributed by atoms with Crippen LogP contribution in [0.3, 0.4) is 0 Å². The zero-order chi connectivity index (χ0) is 18.9. The van der Waals surface area contributed by atoms with Gasteiger partial charge in [-0.2, -0.15) is 0 Å². The number of benzene rings is 2. The Hall–Kier alpha value is -2.67. The fourth-order valence-electron chi connectivity index (χ4n) is 3.31. The van der Waals surface area contributed by atoms with E-state index in [2.05, 4.69) is 21.2 Å². The van der Waals surface area contributed by atoms with Crippen LogP contribution in [0.1, 0.15) is 23.5 Å². The molecule has 1 aliphatic carbocycles. The van der Waals surface area contributed by atoms with Crippen molar-refractivity contribution in [2.45, 2.75) is 18.8 Å². The van der Waals surface area contributed by atoms with Gasteiger partial charge in [0.15, 0.2) is 5.41 Å². The molecule has 26 heavy (non-hydrogen) atoms. The number of fused-ring (bicyclic) bond motifs is 1. The summed E-state index contributed by atoms with van der Waals surface area (Å²) in [5.41, 5.74) is -0.265. The number of hydrogen-bond acceptors (Lipinski definition) is 3. The first kappa shape index (κ1) is 18.1. The van der Waals surface area contributed by atoms with Crippen LogP contribution >= 0.6 is 15.9 Å². The average molecular weight is 418 g/mol. The quantitative estimate of drug-likeness (QED) is 0.662. The van der Waals surface area contributed by atoms with E-state index in [1.54, 1.807) is 42.5 Å². The van der Waals surface area contributed by atoms with Gasteiger partial charge in [-0.25, -0.2) is 0 Å². The predicted molar refractivity (Wildman–Crippen MR) is 98.0 cm³/mol. The number of anilines is 1. The second kappa shape index (κ2) is 6.92. The van der Waals surface area contributed by atoms with Crippen LogP contribution < -0.4 is 5.32 Å². The number of rotatable bonds is 4. The molecule has 0 fully saturated rings. The minimum absolute atomic E-state index is 0.157. The highest BCUT2D eigenvalue weighted by atomic mass is 79.9. The number of carbonyl (C=O) groups excluding carboxylic acids is 1. The lowest BCUT2D eigenvalue weighted by molar-refractivity contribution is -0.166. The Morgan fingerprint density at radius 3 is 2.31 bits per heavy atom. The lowest BCUT2D eigenvalue weighted by Crippen LogP contribution is -2.47. The number of carboxylic acid groups (broad SMARTS) is 2. The monoisotopic (exact) mass is 417 g/mol. The highest BCUT2D eigenvalue weighted by Gasteiger charge is 2.53. The minimum atomic E-state index is -2.03. The summed E-state index contributed by atoms with van der Waals surface area (Å²) in [5.74, 6) is -4.18. The Balaban J connectivity index is 2.04. The lowest BCUT2D eigenvalue weighted by atomic mass is 9.66. The first-order valence-electron chi connectivity index (χ1n) is 7.94. The summed E-state index contributed by atoms with van der Waals surface area (Å²) in [4.78, 5) is 36.5. The fraction of sp³-hybridized carbons (Fsp3) is 0.211. The van der Waals surface area contributed by atoms with Crippen molar-refractivity contribution >= 4 is 39.5 Å². The van der Waals surface area contributed by atoms with Gasteiger partial charge in [0, 0.05) is 10.2 Å². The SMILES string of the molecule is O=C(Nc1ccccc1)C1CC(C(=O)O)(C(=O)O)Cc2ccc(Br)cc21. The molecule has 0 bridgehead atoms. The zero-order valence-corrected chi connectivity index (χ0v) is 15.2. The highest BCUT2D eigenvalue weighted by molar-refractivity contribution is 9.10. The van der Waals surface area contributed by atoms with Gasteiger partial charge in [-0.15, -0.1) is 0 Å². The largest absolute Gasteiger partial charge is 0.480 e. The standard InChI is InChI=1S/C19H16BrNO5/c20-12-7-6-11-9-19(17(23)24,18(25)26)10-15(14(11)8-12)16(22)21-13-4-2-1-3-5-13/h1-8,15H,9-10H2,(H,21,22)(H,23,24)(H,25,26). The normalized spacial score (nSPS) is 17.8. The summed E-state index contributed by atoms with van der Waals surface area (Å²) in [6.45, 7) is 0. The maximum atomic E-state index is 12.9. The molecule has 1 amide bonds. The Morgan fingerprint density at radius 2 is 1.69 bits per heavy atom. The van der Waals surface area contributed by atoms with Crippen LogP contribution in [0, 0.1) is 5.41 Å². The smallest absolute Gasteiger partial charge is 0.321 e. The highest BCUT2D eigenvalue weighted by Crippen LogP contribution is 2.44. The minimum Gasteiger partial charge on any atom is -0.480 e. The topological polar surface area (TPSA) is 104 Å². The summed E-state index contributed by atoms with van der Waals surface area (Å²) in [6.07, 6.45) is -0.463. The van der Waals surface area contributed by atoms with Gasteiger partial charge in [0.25, 0.3) is 0 Å². The molecular formula is C19H16BrNO5.